The molecule has 6 heterocycles. The summed E-state index contributed by atoms with van der Waals surface area (Å²) >= 11 is 3.50. The Morgan fingerprint density at radius 1 is 1.20 bits per heavy atom. The molecule has 1 atom stereocenters. The molecule has 0 spiro atoms. The second-order valence-corrected chi connectivity index (χ2v) is 8.47. The van der Waals surface area contributed by atoms with Crippen molar-refractivity contribution in [1.82, 2.24) is 29.4 Å². The SMILES string of the molecule is CCOc1nc(N)c2nc(Br)n(Cc3ccc(O[C@@H]4CN5CCC4CC5)nc3)c2n1. The summed E-state index contributed by atoms with van der Waals surface area (Å²) in [4.78, 5) is 20.1. The number of halogens is 1. The van der Waals surface area contributed by atoms with Gasteiger partial charge < -0.3 is 15.2 Å². The van der Waals surface area contributed by atoms with Gasteiger partial charge in [-0.25, -0.2) is 9.97 Å². The average Bonchev–Trinajstić information content (AvgIpc) is 3.07. The Hall–Kier alpha value is -2.46. The fourth-order valence-electron chi connectivity index (χ4n) is 4.26. The van der Waals surface area contributed by atoms with Crippen LogP contribution < -0.4 is 15.2 Å². The molecule has 0 saturated carbocycles. The molecule has 3 aliphatic heterocycles. The van der Waals surface area contributed by atoms with E-state index in [1.54, 1.807) is 0 Å². The lowest BCUT2D eigenvalue weighted by atomic mass is 9.86. The Balaban J connectivity index is 1.34. The number of piperidine rings is 3. The predicted octanol–water partition coefficient (Wildman–Crippen LogP) is 2.49. The van der Waals surface area contributed by atoms with Crippen LogP contribution in [0.2, 0.25) is 0 Å². The zero-order valence-electron chi connectivity index (χ0n) is 16.8. The third-order valence-corrected chi connectivity index (χ3v) is 6.44. The molecule has 0 aromatic carbocycles. The lowest BCUT2D eigenvalue weighted by molar-refractivity contribution is -0.00994. The van der Waals surface area contributed by atoms with Crippen molar-refractivity contribution < 1.29 is 9.47 Å². The maximum Gasteiger partial charge on any atom is 0.320 e. The second kappa shape index (κ2) is 7.99. The minimum atomic E-state index is 0.245. The van der Waals surface area contributed by atoms with E-state index in [1.165, 1.54) is 25.9 Å². The zero-order chi connectivity index (χ0) is 20.7. The summed E-state index contributed by atoms with van der Waals surface area (Å²) in [5.74, 6) is 1.62. The maximum absolute atomic E-state index is 6.20. The fraction of sp³-hybridized carbons (Fsp3) is 0.500. The number of aromatic nitrogens is 5. The van der Waals surface area contributed by atoms with E-state index >= 15 is 0 Å². The van der Waals surface area contributed by atoms with Crippen molar-refractivity contribution in [2.24, 2.45) is 5.92 Å². The molecule has 6 rings (SSSR count). The number of fused-ring (bicyclic) bond motifs is 4. The van der Waals surface area contributed by atoms with Crippen LogP contribution in [0.25, 0.3) is 11.2 Å². The quantitative estimate of drug-likeness (QED) is 0.544. The Labute approximate surface area is 182 Å². The summed E-state index contributed by atoms with van der Waals surface area (Å²) in [6.07, 6.45) is 4.52. The molecule has 3 saturated heterocycles. The topological polar surface area (TPSA) is 104 Å². The summed E-state index contributed by atoms with van der Waals surface area (Å²) in [6.45, 7) is 6.28. The van der Waals surface area contributed by atoms with Crippen LogP contribution in [0.4, 0.5) is 5.82 Å². The Morgan fingerprint density at radius 2 is 2.03 bits per heavy atom. The molecular formula is C20H24BrN7O2. The first-order valence-corrected chi connectivity index (χ1v) is 11.1. The largest absolute Gasteiger partial charge is 0.473 e. The van der Waals surface area contributed by atoms with Crippen LogP contribution in [0.1, 0.15) is 25.3 Å². The van der Waals surface area contributed by atoms with E-state index in [1.807, 2.05) is 29.8 Å². The molecule has 3 aliphatic rings. The third kappa shape index (κ3) is 3.69. The van der Waals surface area contributed by atoms with E-state index in [0.717, 1.165) is 12.1 Å². The van der Waals surface area contributed by atoms with Gasteiger partial charge in [-0.15, -0.1) is 0 Å². The Bertz CT molecular complexity index is 1050. The van der Waals surface area contributed by atoms with Gasteiger partial charge in [-0.05, 0) is 60.3 Å². The van der Waals surface area contributed by atoms with Gasteiger partial charge in [-0.2, -0.15) is 9.97 Å². The first kappa shape index (κ1) is 19.5. The van der Waals surface area contributed by atoms with E-state index in [2.05, 4.69) is 40.8 Å². The highest BCUT2D eigenvalue weighted by molar-refractivity contribution is 9.10. The van der Waals surface area contributed by atoms with Crippen molar-refractivity contribution in [2.45, 2.75) is 32.4 Å². The molecule has 158 valence electrons. The van der Waals surface area contributed by atoms with Gasteiger partial charge in [0, 0.05) is 18.8 Å². The van der Waals surface area contributed by atoms with Crippen LogP contribution in [0, 0.1) is 5.92 Å². The van der Waals surface area contributed by atoms with Crippen molar-refractivity contribution in [3.63, 3.8) is 0 Å². The first-order valence-electron chi connectivity index (χ1n) is 10.3. The van der Waals surface area contributed by atoms with Gasteiger partial charge in [0.15, 0.2) is 21.7 Å². The summed E-state index contributed by atoms with van der Waals surface area (Å²) in [5, 5.41) is 0. The van der Waals surface area contributed by atoms with E-state index in [4.69, 9.17) is 15.2 Å². The minimum absolute atomic E-state index is 0.245. The average molecular weight is 474 g/mol. The standard InChI is InChI=1S/C20H24BrN7O2/c1-2-29-20-25-17(22)16-18(26-20)28(19(21)24-16)10-12-3-4-15(23-9-12)30-14-11-27-7-5-13(14)6-8-27/h3-4,9,13-14H,2,5-8,10-11H2,1H3,(H2,22,25,26)/t14-/m1/s1. The highest BCUT2D eigenvalue weighted by atomic mass is 79.9. The number of nitrogens with zero attached hydrogens (tertiary/aromatic N) is 6. The first-order chi connectivity index (χ1) is 14.6. The van der Waals surface area contributed by atoms with Gasteiger partial charge in [0.2, 0.25) is 5.88 Å². The molecule has 2 N–H and O–H groups in total. The lowest BCUT2D eigenvalue weighted by Crippen LogP contribution is -2.52. The van der Waals surface area contributed by atoms with Gasteiger partial charge in [-0.1, -0.05) is 6.07 Å². The number of rotatable bonds is 6. The Kier molecular flexibility index (Phi) is 5.20. The molecule has 10 heteroatoms. The molecule has 3 aromatic heterocycles. The zero-order valence-corrected chi connectivity index (χ0v) is 18.4. The fourth-order valence-corrected chi connectivity index (χ4v) is 4.74. The number of hydrogen-bond donors (Lipinski definition) is 1. The molecule has 0 radical (unpaired) electrons. The number of pyridine rings is 1. The normalized spacial score (nSPS) is 23.1. The lowest BCUT2D eigenvalue weighted by Gasteiger charge is -2.44. The van der Waals surface area contributed by atoms with Crippen LogP contribution in [-0.2, 0) is 6.54 Å². The highest BCUT2D eigenvalue weighted by Crippen LogP contribution is 2.30. The molecule has 3 aromatic rings. The van der Waals surface area contributed by atoms with Gasteiger partial charge in [0.25, 0.3) is 0 Å². The molecule has 0 unspecified atom stereocenters. The summed E-state index contributed by atoms with van der Waals surface area (Å²) in [7, 11) is 0. The van der Waals surface area contributed by atoms with Crippen LogP contribution in [0.5, 0.6) is 11.9 Å². The van der Waals surface area contributed by atoms with Crippen molar-refractivity contribution in [3.8, 4) is 11.9 Å². The number of hydrogen-bond acceptors (Lipinski definition) is 8. The van der Waals surface area contributed by atoms with E-state index in [0.29, 0.717) is 46.7 Å². The molecule has 9 nitrogen and oxygen atoms in total. The van der Waals surface area contributed by atoms with E-state index < -0.39 is 0 Å². The molecule has 2 bridgehead atoms. The smallest absolute Gasteiger partial charge is 0.320 e. The van der Waals surface area contributed by atoms with Gasteiger partial charge in [0.1, 0.15) is 6.10 Å². The number of nitrogens with two attached hydrogens (primary N) is 1. The molecule has 0 aliphatic carbocycles. The van der Waals surface area contributed by atoms with Crippen molar-refractivity contribution >= 4 is 32.9 Å². The molecule has 30 heavy (non-hydrogen) atoms. The minimum Gasteiger partial charge on any atom is -0.473 e. The number of anilines is 1. The Morgan fingerprint density at radius 3 is 2.70 bits per heavy atom. The van der Waals surface area contributed by atoms with E-state index in [-0.39, 0.29) is 12.1 Å². The predicted molar refractivity (Wildman–Crippen MR) is 116 cm³/mol. The summed E-state index contributed by atoms with van der Waals surface area (Å²) in [5.41, 5.74) is 8.20. The number of nitrogen functional groups attached to an aromatic ring is 1. The monoisotopic (exact) mass is 473 g/mol. The van der Waals surface area contributed by atoms with Crippen LogP contribution in [0.15, 0.2) is 23.1 Å². The van der Waals surface area contributed by atoms with Crippen LogP contribution >= 0.6 is 15.9 Å². The maximum atomic E-state index is 6.20. The summed E-state index contributed by atoms with van der Waals surface area (Å²) < 4.78 is 14.2. The molecule has 3 fully saturated rings. The van der Waals surface area contributed by atoms with Gasteiger partial charge in [-0.3, -0.25) is 9.47 Å². The van der Waals surface area contributed by atoms with Gasteiger partial charge in [0.05, 0.1) is 13.2 Å². The molecular weight excluding hydrogens is 450 g/mol. The van der Waals surface area contributed by atoms with Gasteiger partial charge >= 0.3 is 6.01 Å². The van der Waals surface area contributed by atoms with Crippen molar-refractivity contribution in [2.75, 3.05) is 32.0 Å². The number of imidazole rings is 1. The third-order valence-electron chi connectivity index (χ3n) is 5.83. The van der Waals surface area contributed by atoms with Crippen molar-refractivity contribution in [1.29, 1.82) is 0 Å². The van der Waals surface area contributed by atoms with Crippen molar-refractivity contribution in [3.05, 3.63) is 28.6 Å². The summed E-state index contributed by atoms with van der Waals surface area (Å²) in [6, 6.07) is 4.21. The van der Waals surface area contributed by atoms with E-state index in [9.17, 15) is 0 Å². The highest BCUT2D eigenvalue weighted by Gasteiger charge is 2.35. The second-order valence-electron chi connectivity index (χ2n) is 7.76. The van der Waals surface area contributed by atoms with Crippen LogP contribution in [0.3, 0.4) is 0 Å². The number of ether oxygens (including phenoxy) is 2. The van der Waals surface area contributed by atoms with Crippen LogP contribution in [-0.4, -0.2) is 61.7 Å². The molecule has 0 amide bonds.